The molecule has 1 aromatic rings. The number of nitrogens with one attached hydrogen (secondary N) is 1. The maximum Gasteiger partial charge on any atom is 0.240 e. The number of rotatable bonds is 3. The quantitative estimate of drug-likeness (QED) is 0.907. The van der Waals surface area contributed by atoms with Crippen molar-refractivity contribution >= 4 is 12.4 Å². The molecule has 0 aromatic carbocycles. The van der Waals surface area contributed by atoms with Crippen LogP contribution >= 0.6 is 12.4 Å². The van der Waals surface area contributed by atoms with Crippen molar-refractivity contribution < 1.29 is 4.52 Å². The average Bonchev–Trinajstić information content (AvgIpc) is 2.86. The van der Waals surface area contributed by atoms with Crippen molar-refractivity contribution in [3.05, 3.63) is 11.7 Å². The fraction of sp³-hybridized carbons (Fsp3) is 0.833. The largest absolute Gasteiger partial charge is 0.338 e. The molecule has 0 amide bonds. The summed E-state index contributed by atoms with van der Waals surface area (Å²) in [6, 6.07) is 0.597. The van der Waals surface area contributed by atoms with Crippen molar-refractivity contribution in [2.24, 2.45) is 0 Å². The van der Waals surface area contributed by atoms with Gasteiger partial charge in [0.2, 0.25) is 5.89 Å². The van der Waals surface area contributed by atoms with E-state index in [0.29, 0.717) is 6.04 Å². The highest BCUT2D eigenvalue weighted by Gasteiger charge is 2.25. The Kier molecular flexibility index (Phi) is 5.13. The number of aromatic nitrogens is 2. The average molecular weight is 275 g/mol. The fourth-order valence-electron chi connectivity index (χ4n) is 2.03. The summed E-state index contributed by atoms with van der Waals surface area (Å²) in [7, 11) is 2.01. The highest BCUT2D eigenvalue weighted by molar-refractivity contribution is 5.85. The predicted molar refractivity (Wildman–Crippen MR) is 73.0 cm³/mol. The summed E-state index contributed by atoms with van der Waals surface area (Å²) in [4.78, 5) is 6.80. The van der Waals surface area contributed by atoms with Crippen LogP contribution in [0.3, 0.4) is 0 Å². The third-order valence-corrected chi connectivity index (χ3v) is 3.18. The summed E-state index contributed by atoms with van der Waals surface area (Å²) < 4.78 is 5.30. The molecule has 0 bridgehead atoms. The lowest BCUT2D eigenvalue weighted by Crippen LogP contribution is -2.29. The van der Waals surface area contributed by atoms with E-state index in [0.717, 1.165) is 31.3 Å². The van der Waals surface area contributed by atoms with Gasteiger partial charge >= 0.3 is 0 Å². The maximum absolute atomic E-state index is 5.30. The Morgan fingerprint density at radius 3 is 2.67 bits per heavy atom. The molecule has 0 aliphatic carbocycles. The van der Waals surface area contributed by atoms with Crippen LogP contribution in [-0.4, -0.2) is 41.2 Å². The Morgan fingerprint density at radius 1 is 1.44 bits per heavy atom. The van der Waals surface area contributed by atoms with Crippen LogP contribution in [-0.2, 0) is 12.0 Å². The number of likely N-dealkylation sites (tertiary alicyclic amines) is 1. The normalized spacial score (nSPS) is 21.0. The van der Waals surface area contributed by atoms with Crippen LogP contribution in [0.1, 0.15) is 38.9 Å². The van der Waals surface area contributed by atoms with Crippen molar-refractivity contribution in [1.29, 1.82) is 0 Å². The molecule has 104 valence electrons. The first-order valence-electron chi connectivity index (χ1n) is 6.21. The number of hydrogen-bond acceptors (Lipinski definition) is 5. The van der Waals surface area contributed by atoms with E-state index in [2.05, 4.69) is 41.1 Å². The minimum Gasteiger partial charge on any atom is -0.338 e. The molecule has 2 rings (SSSR count). The second kappa shape index (κ2) is 5.99. The van der Waals surface area contributed by atoms with Crippen LogP contribution in [0, 0.1) is 0 Å². The van der Waals surface area contributed by atoms with Crippen molar-refractivity contribution in [2.75, 3.05) is 20.1 Å². The molecule has 6 heteroatoms. The number of nitrogens with zero attached hydrogens (tertiary/aromatic N) is 3. The molecule has 1 atom stereocenters. The van der Waals surface area contributed by atoms with E-state index in [-0.39, 0.29) is 17.8 Å². The lowest BCUT2D eigenvalue weighted by atomic mass is 9.96. The van der Waals surface area contributed by atoms with E-state index in [1.165, 1.54) is 6.42 Å². The third-order valence-electron chi connectivity index (χ3n) is 3.18. The van der Waals surface area contributed by atoms with E-state index in [4.69, 9.17) is 4.52 Å². The molecule has 1 aliphatic heterocycles. The van der Waals surface area contributed by atoms with E-state index < -0.39 is 0 Å². The lowest BCUT2D eigenvalue weighted by Gasteiger charge is -2.13. The Hall–Kier alpha value is -0.650. The second-order valence-corrected chi connectivity index (χ2v) is 5.77. The summed E-state index contributed by atoms with van der Waals surface area (Å²) in [6.07, 6.45) is 1.19. The summed E-state index contributed by atoms with van der Waals surface area (Å²) in [5.41, 5.74) is -0.0414. The monoisotopic (exact) mass is 274 g/mol. The van der Waals surface area contributed by atoms with Crippen molar-refractivity contribution in [2.45, 2.75) is 45.2 Å². The Balaban J connectivity index is 0.00000162. The molecule has 1 N–H and O–H groups in total. The molecule has 0 spiro atoms. The number of hydrogen-bond donors (Lipinski definition) is 1. The fourth-order valence-corrected chi connectivity index (χ4v) is 2.03. The van der Waals surface area contributed by atoms with Crippen LogP contribution in [0.25, 0.3) is 0 Å². The molecule has 2 heterocycles. The first-order chi connectivity index (χ1) is 7.99. The molecular formula is C12H23ClN4O. The molecule has 1 aliphatic rings. The van der Waals surface area contributed by atoms with Crippen LogP contribution in [0.5, 0.6) is 0 Å². The maximum atomic E-state index is 5.30. The number of halogens is 1. The molecular weight excluding hydrogens is 252 g/mol. The molecule has 1 saturated heterocycles. The second-order valence-electron chi connectivity index (χ2n) is 5.77. The Morgan fingerprint density at radius 2 is 2.17 bits per heavy atom. The predicted octanol–water partition coefficient (Wildman–Crippen LogP) is 1.58. The van der Waals surface area contributed by atoms with Gasteiger partial charge in [0.15, 0.2) is 5.82 Å². The van der Waals surface area contributed by atoms with Gasteiger partial charge in [-0.3, -0.25) is 4.90 Å². The summed E-state index contributed by atoms with van der Waals surface area (Å²) in [5, 5.41) is 7.34. The van der Waals surface area contributed by atoms with Crippen molar-refractivity contribution in [1.82, 2.24) is 20.4 Å². The first kappa shape index (κ1) is 15.4. The van der Waals surface area contributed by atoms with Gasteiger partial charge in [0.1, 0.15) is 0 Å². The Labute approximate surface area is 115 Å². The van der Waals surface area contributed by atoms with E-state index in [1.54, 1.807) is 0 Å². The zero-order valence-electron chi connectivity index (χ0n) is 11.6. The minimum atomic E-state index is -0.0414. The van der Waals surface area contributed by atoms with Gasteiger partial charge in [-0.05, 0) is 13.5 Å². The van der Waals surface area contributed by atoms with Crippen LogP contribution in [0.4, 0.5) is 0 Å². The first-order valence-corrected chi connectivity index (χ1v) is 6.21. The molecule has 1 aromatic heterocycles. The summed E-state index contributed by atoms with van der Waals surface area (Å²) in [6.45, 7) is 9.20. The molecule has 5 nitrogen and oxygen atoms in total. The van der Waals surface area contributed by atoms with Crippen LogP contribution in [0.2, 0.25) is 0 Å². The minimum absolute atomic E-state index is 0. The van der Waals surface area contributed by atoms with E-state index in [9.17, 15) is 0 Å². The van der Waals surface area contributed by atoms with Gasteiger partial charge in [-0.1, -0.05) is 25.9 Å². The van der Waals surface area contributed by atoms with Crippen molar-refractivity contribution in [3.8, 4) is 0 Å². The van der Waals surface area contributed by atoms with Gasteiger partial charge in [0, 0.05) is 24.5 Å². The lowest BCUT2D eigenvalue weighted by molar-refractivity contribution is 0.262. The summed E-state index contributed by atoms with van der Waals surface area (Å²) in [5.74, 6) is 1.52. The SMILES string of the molecule is CNC1CCN(Cc2nc(C(C)(C)C)no2)C1.Cl. The zero-order valence-corrected chi connectivity index (χ0v) is 12.4. The molecule has 0 radical (unpaired) electrons. The smallest absolute Gasteiger partial charge is 0.240 e. The van der Waals surface area contributed by atoms with Gasteiger partial charge < -0.3 is 9.84 Å². The molecule has 1 fully saturated rings. The standard InChI is InChI=1S/C12H22N4O.ClH/c1-12(2,3)11-14-10(17-15-11)8-16-6-5-9(7-16)13-4;/h9,13H,5-8H2,1-4H3;1H. The van der Waals surface area contributed by atoms with E-state index in [1.807, 2.05) is 7.05 Å². The highest BCUT2D eigenvalue weighted by Crippen LogP contribution is 2.19. The van der Waals surface area contributed by atoms with Gasteiger partial charge in [-0.15, -0.1) is 12.4 Å². The topological polar surface area (TPSA) is 54.2 Å². The molecule has 1 unspecified atom stereocenters. The van der Waals surface area contributed by atoms with Gasteiger partial charge in [-0.2, -0.15) is 4.98 Å². The van der Waals surface area contributed by atoms with Gasteiger partial charge in [0.05, 0.1) is 6.54 Å². The highest BCUT2D eigenvalue weighted by atomic mass is 35.5. The van der Waals surface area contributed by atoms with Crippen molar-refractivity contribution in [3.63, 3.8) is 0 Å². The third kappa shape index (κ3) is 3.67. The van der Waals surface area contributed by atoms with Crippen LogP contribution in [0.15, 0.2) is 4.52 Å². The Bertz CT molecular complexity index is 374. The number of likely N-dealkylation sites (N-methyl/N-ethyl adjacent to an activating group) is 1. The molecule has 0 saturated carbocycles. The van der Waals surface area contributed by atoms with Crippen LogP contribution < -0.4 is 5.32 Å². The van der Waals surface area contributed by atoms with Gasteiger partial charge in [-0.25, -0.2) is 0 Å². The molecule has 18 heavy (non-hydrogen) atoms. The van der Waals surface area contributed by atoms with Gasteiger partial charge in [0.25, 0.3) is 0 Å². The zero-order chi connectivity index (χ0) is 12.5. The summed E-state index contributed by atoms with van der Waals surface area (Å²) >= 11 is 0. The van der Waals surface area contributed by atoms with E-state index >= 15 is 0 Å².